The van der Waals surface area contributed by atoms with Crippen molar-refractivity contribution in [2.75, 3.05) is 14.1 Å². The second-order valence-corrected chi connectivity index (χ2v) is 5.35. The van der Waals surface area contributed by atoms with Crippen LogP contribution in [0.25, 0.3) is 0 Å². The van der Waals surface area contributed by atoms with Gasteiger partial charge in [0.15, 0.2) is 0 Å². The summed E-state index contributed by atoms with van der Waals surface area (Å²) < 4.78 is 2.09. The lowest BCUT2D eigenvalue weighted by Gasteiger charge is -2.34. The van der Waals surface area contributed by atoms with E-state index in [1.165, 1.54) is 31.4 Å². The number of rotatable bonds is 5. The van der Waals surface area contributed by atoms with Crippen LogP contribution in [-0.4, -0.2) is 40.9 Å². The fourth-order valence-corrected chi connectivity index (χ4v) is 2.97. The van der Waals surface area contributed by atoms with E-state index < -0.39 is 0 Å². The third-order valence-electron chi connectivity index (χ3n) is 4.24. The van der Waals surface area contributed by atoms with Crippen molar-refractivity contribution in [3.05, 3.63) is 18.0 Å². The molecule has 18 heavy (non-hydrogen) atoms. The van der Waals surface area contributed by atoms with E-state index in [1.54, 1.807) is 0 Å². The Hall–Kier alpha value is -0.870. The van der Waals surface area contributed by atoms with Gasteiger partial charge < -0.3 is 5.32 Å². The van der Waals surface area contributed by atoms with E-state index in [0.29, 0.717) is 0 Å². The Kier molecular flexibility index (Phi) is 4.78. The van der Waals surface area contributed by atoms with Crippen molar-refractivity contribution >= 4 is 0 Å². The van der Waals surface area contributed by atoms with Crippen molar-refractivity contribution in [2.45, 2.75) is 57.8 Å². The van der Waals surface area contributed by atoms with Crippen LogP contribution in [-0.2, 0) is 13.1 Å². The van der Waals surface area contributed by atoms with Gasteiger partial charge in [-0.25, -0.2) is 0 Å². The van der Waals surface area contributed by atoms with Gasteiger partial charge >= 0.3 is 0 Å². The van der Waals surface area contributed by atoms with E-state index >= 15 is 0 Å². The summed E-state index contributed by atoms with van der Waals surface area (Å²) in [6.07, 6.45) is 7.13. The SMILES string of the molecule is CCn1nccc1CN(C)C1CCC(NC)CC1. The summed E-state index contributed by atoms with van der Waals surface area (Å²) >= 11 is 0. The van der Waals surface area contributed by atoms with Crippen LogP contribution in [0.5, 0.6) is 0 Å². The molecule has 1 fully saturated rings. The van der Waals surface area contributed by atoms with E-state index in [0.717, 1.165) is 25.2 Å². The lowest BCUT2D eigenvalue weighted by atomic mass is 9.90. The molecule has 1 aliphatic rings. The molecule has 0 aliphatic heterocycles. The molecular formula is C14H26N4. The van der Waals surface area contributed by atoms with Gasteiger partial charge in [-0.3, -0.25) is 9.58 Å². The molecule has 0 unspecified atom stereocenters. The van der Waals surface area contributed by atoms with Gasteiger partial charge in [-0.15, -0.1) is 0 Å². The van der Waals surface area contributed by atoms with Crippen LogP contribution in [0, 0.1) is 0 Å². The first-order valence-corrected chi connectivity index (χ1v) is 7.12. The van der Waals surface area contributed by atoms with Gasteiger partial charge in [0.05, 0.1) is 5.69 Å². The zero-order chi connectivity index (χ0) is 13.0. The Bertz CT molecular complexity index is 352. The minimum absolute atomic E-state index is 0.731. The molecular weight excluding hydrogens is 224 g/mol. The number of aryl methyl sites for hydroxylation is 1. The smallest absolute Gasteiger partial charge is 0.0524 e. The molecule has 1 aromatic heterocycles. The molecule has 4 heteroatoms. The molecule has 0 saturated heterocycles. The molecule has 0 bridgehead atoms. The van der Waals surface area contributed by atoms with E-state index in [9.17, 15) is 0 Å². The van der Waals surface area contributed by atoms with Crippen LogP contribution in [0.15, 0.2) is 12.3 Å². The molecule has 0 spiro atoms. The van der Waals surface area contributed by atoms with Crippen LogP contribution in [0.2, 0.25) is 0 Å². The fourth-order valence-electron chi connectivity index (χ4n) is 2.97. The third-order valence-corrected chi connectivity index (χ3v) is 4.24. The number of hydrogen-bond acceptors (Lipinski definition) is 3. The van der Waals surface area contributed by atoms with E-state index in [4.69, 9.17) is 0 Å². The zero-order valence-electron chi connectivity index (χ0n) is 11.9. The Morgan fingerprint density at radius 2 is 2.11 bits per heavy atom. The maximum absolute atomic E-state index is 4.34. The summed E-state index contributed by atoms with van der Waals surface area (Å²) in [5.41, 5.74) is 1.33. The van der Waals surface area contributed by atoms with Gasteiger partial charge in [-0.2, -0.15) is 5.10 Å². The topological polar surface area (TPSA) is 33.1 Å². The summed E-state index contributed by atoms with van der Waals surface area (Å²) in [6, 6.07) is 3.60. The highest BCUT2D eigenvalue weighted by Gasteiger charge is 2.23. The normalized spacial score (nSPS) is 24.7. The predicted octanol–water partition coefficient (Wildman–Crippen LogP) is 1.87. The minimum Gasteiger partial charge on any atom is -0.317 e. The molecule has 1 aromatic rings. The van der Waals surface area contributed by atoms with E-state index in [-0.39, 0.29) is 0 Å². The zero-order valence-corrected chi connectivity index (χ0v) is 11.9. The molecule has 1 aliphatic carbocycles. The average Bonchev–Trinajstić information content (AvgIpc) is 2.86. The molecule has 1 heterocycles. The summed E-state index contributed by atoms with van der Waals surface area (Å²) in [7, 11) is 4.33. The third kappa shape index (κ3) is 3.12. The maximum Gasteiger partial charge on any atom is 0.0524 e. The van der Waals surface area contributed by atoms with Gasteiger partial charge in [-0.05, 0) is 52.8 Å². The van der Waals surface area contributed by atoms with Crippen LogP contribution in [0.3, 0.4) is 0 Å². The Balaban J connectivity index is 1.87. The maximum atomic E-state index is 4.34. The van der Waals surface area contributed by atoms with Gasteiger partial charge in [0.1, 0.15) is 0 Å². The Labute approximate surface area is 110 Å². The van der Waals surface area contributed by atoms with Gasteiger partial charge in [0.2, 0.25) is 0 Å². The van der Waals surface area contributed by atoms with Crippen molar-refractivity contribution in [1.82, 2.24) is 20.0 Å². The van der Waals surface area contributed by atoms with Gasteiger partial charge in [0.25, 0.3) is 0 Å². The molecule has 0 radical (unpaired) electrons. The highest BCUT2D eigenvalue weighted by atomic mass is 15.3. The van der Waals surface area contributed by atoms with Crippen molar-refractivity contribution < 1.29 is 0 Å². The fraction of sp³-hybridized carbons (Fsp3) is 0.786. The molecule has 2 rings (SSSR count). The van der Waals surface area contributed by atoms with Crippen molar-refractivity contribution in [2.24, 2.45) is 0 Å². The first-order chi connectivity index (χ1) is 8.74. The molecule has 4 nitrogen and oxygen atoms in total. The predicted molar refractivity (Wildman–Crippen MR) is 74.5 cm³/mol. The highest BCUT2D eigenvalue weighted by molar-refractivity contribution is 5.00. The van der Waals surface area contributed by atoms with Crippen molar-refractivity contribution in [3.8, 4) is 0 Å². The monoisotopic (exact) mass is 250 g/mol. The molecule has 0 aromatic carbocycles. The number of nitrogens with zero attached hydrogens (tertiary/aromatic N) is 3. The van der Waals surface area contributed by atoms with E-state index in [2.05, 4.69) is 47.1 Å². The molecule has 0 atom stereocenters. The molecule has 102 valence electrons. The summed E-state index contributed by atoms with van der Waals surface area (Å²) in [4.78, 5) is 2.50. The van der Waals surface area contributed by atoms with Gasteiger partial charge in [0, 0.05) is 31.4 Å². The van der Waals surface area contributed by atoms with Crippen LogP contribution >= 0.6 is 0 Å². The second-order valence-electron chi connectivity index (χ2n) is 5.35. The van der Waals surface area contributed by atoms with Crippen LogP contribution in [0.4, 0.5) is 0 Å². The number of aromatic nitrogens is 2. The summed E-state index contributed by atoms with van der Waals surface area (Å²) in [6.45, 7) is 4.13. The van der Waals surface area contributed by atoms with E-state index in [1.807, 2.05) is 6.20 Å². The average molecular weight is 250 g/mol. The van der Waals surface area contributed by atoms with Gasteiger partial charge in [-0.1, -0.05) is 0 Å². The summed E-state index contributed by atoms with van der Waals surface area (Å²) in [5, 5.41) is 7.73. The number of hydrogen-bond donors (Lipinski definition) is 1. The first kappa shape index (κ1) is 13.6. The number of nitrogens with one attached hydrogen (secondary N) is 1. The van der Waals surface area contributed by atoms with Crippen LogP contribution in [0.1, 0.15) is 38.3 Å². The summed E-state index contributed by atoms with van der Waals surface area (Å²) in [5.74, 6) is 0. The van der Waals surface area contributed by atoms with Crippen molar-refractivity contribution in [3.63, 3.8) is 0 Å². The lowest BCUT2D eigenvalue weighted by molar-refractivity contribution is 0.166. The Morgan fingerprint density at radius 3 is 2.72 bits per heavy atom. The van der Waals surface area contributed by atoms with Crippen molar-refractivity contribution in [1.29, 1.82) is 0 Å². The largest absolute Gasteiger partial charge is 0.317 e. The molecule has 1 N–H and O–H groups in total. The molecule has 0 amide bonds. The highest BCUT2D eigenvalue weighted by Crippen LogP contribution is 2.23. The quantitative estimate of drug-likeness (QED) is 0.866. The molecule has 1 saturated carbocycles. The Morgan fingerprint density at radius 1 is 1.39 bits per heavy atom. The second kappa shape index (κ2) is 6.34. The standard InChI is InChI=1S/C14H26N4/c1-4-18-14(9-10-16-18)11-17(3)13-7-5-12(15-2)6-8-13/h9-10,12-13,15H,4-8,11H2,1-3H3. The minimum atomic E-state index is 0.731. The van der Waals surface area contributed by atoms with Crippen LogP contribution < -0.4 is 5.32 Å². The lowest BCUT2D eigenvalue weighted by Crippen LogP contribution is -2.39. The first-order valence-electron chi connectivity index (χ1n) is 7.12.